The molecule has 13 heavy (non-hydrogen) atoms. The van der Waals surface area contributed by atoms with Crippen LogP contribution in [0.25, 0.3) is 0 Å². The Labute approximate surface area is 78.3 Å². The second-order valence-electron chi connectivity index (χ2n) is 2.95. The summed E-state index contributed by atoms with van der Waals surface area (Å²) in [6.07, 6.45) is 3.15. The van der Waals surface area contributed by atoms with Crippen LogP contribution < -0.4 is 5.32 Å². The van der Waals surface area contributed by atoms with Gasteiger partial charge in [0.05, 0.1) is 0 Å². The van der Waals surface area contributed by atoms with E-state index >= 15 is 0 Å². The number of hydrogen-bond donors (Lipinski definition) is 1. The van der Waals surface area contributed by atoms with Crippen molar-refractivity contribution < 1.29 is 4.79 Å². The molecule has 1 aromatic carbocycles. The quantitative estimate of drug-likeness (QED) is 0.715. The molecule has 0 fully saturated rings. The summed E-state index contributed by atoms with van der Waals surface area (Å²) in [5, 5.41) is 3.00. The van der Waals surface area contributed by atoms with Crippen LogP contribution >= 0.6 is 0 Å². The Balaban J connectivity index is 2.55. The Morgan fingerprint density at radius 1 is 1.31 bits per heavy atom. The molecule has 1 aromatic rings. The van der Waals surface area contributed by atoms with E-state index in [0.29, 0.717) is 0 Å². The maximum absolute atomic E-state index is 10.6. The fourth-order valence-corrected chi connectivity index (χ4v) is 0.905. The molecule has 0 aliphatic rings. The minimum absolute atomic E-state index is 0.0413. The Bertz CT molecular complexity index is 311. The van der Waals surface area contributed by atoms with Crippen LogP contribution in [0, 0.1) is 6.92 Å². The van der Waals surface area contributed by atoms with E-state index in [1.807, 2.05) is 31.2 Å². The first kappa shape index (κ1) is 9.52. The van der Waals surface area contributed by atoms with Crippen molar-refractivity contribution in [3.63, 3.8) is 0 Å². The van der Waals surface area contributed by atoms with Crippen molar-refractivity contribution in [3.8, 4) is 0 Å². The van der Waals surface area contributed by atoms with Crippen LogP contribution in [0.5, 0.6) is 0 Å². The summed E-state index contributed by atoms with van der Waals surface area (Å²) < 4.78 is 0. The number of carbonyl (C=O) groups excluding carboxylic acids is 1. The molecule has 0 saturated carbocycles. The van der Waals surface area contributed by atoms with Crippen LogP contribution in [-0.2, 0) is 4.79 Å². The molecule has 68 valence electrons. The lowest BCUT2D eigenvalue weighted by Gasteiger charge is -1.99. The maximum atomic E-state index is 10.6. The summed E-state index contributed by atoms with van der Waals surface area (Å²) in [6, 6.07) is 7.98. The standard InChI is InChI=1S/C11H13NO/c1-9-3-5-11(6-4-9)12-8-7-10(2)13/h3-8,12H,1-2H3. The van der Waals surface area contributed by atoms with Crippen LogP contribution in [0.4, 0.5) is 5.69 Å². The van der Waals surface area contributed by atoms with Crippen molar-refractivity contribution in [2.75, 3.05) is 5.32 Å². The number of benzene rings is 1. The average Bonchev–Trinajstić information content (AvgIpc) is 2.08. The molecule has 0 aliphatic carbocycles. The highest BCUT2D eigenvalue weighted by Crippen LogP contribution is 2.07. The normalized spacial score (nSPS) is 10.3. The molecular weight excluding hydrogens is 162 g/mol. The van der Waals surface area contributed by atoms with E-state index in [9.17, 15) is 4.79 Å². The van der Waals surface area contributed by atoms with Gasteiger partial charge in [0.1, 0.15) is 0 Å². The second-order valence-corrected chi connectivity index (χ2v) is 2.95. The van der Waals surface area contributed by atoms with E-state index in [2.05, 4.69) is 5.32 Å². The summed E-state index contributed by atoms with van der Waals surface area (Å²) in [6.45, 7) is 3.56. The third kappa shape index (κ3) is 3.56. The number of allylic oxidation sites excluding steroid dienone is 1. The summed E-state index contributed by atoms with van der Waals surface area (Å²) in [7, 11) is 0. The number of rotatable bonds is 3. The Kier molecular flexibility index (Phi) is 3.26. The van der Waals surface area contributed by atoms with Crippen molar-refractivity contribution in [2.45, 2.75) is 13.8 Å². The maximum Gasteiger partial charge on any atom is 0.154 e. The monoisotopic (exact) mass is 175 g/mol. The Morgan fingerprint density at radius 2 is 1.92 bits per heavy atom. The SMILES string of the molecule is CC(=O)C=CNc1ccc(C)cc1. The highest BCUT2D eigenvalue weighted by Gasteiger charge is 1.87. The number of ketones is 1. The molecule has 0 heterocycles. The second kappa shape index (κ2) is 4.45. The van der Waals surface area contributed by atoms with Gasteiger partial charge in [-0.05, 0) is 32.1 Å². The van der Waals surface area contributed by atoms with Gasteiger partial charge in [0.2, 0.25) is 0 Å². The smallest absolute Gasteiger partial charge is 0.154 e. The van der Waals surface area contributed by atoms with Crippen molar-refractivity contribution in [3.05, 3.63) is 42.1 Å². The van der Waals surface area contributed by atoms with E-state index in [-0.39, 0.29) is 5.78 Å². The number of hydrogen-bond acceptors (Lipinski definition) is 2. The Hall–Kier alpha value is -1.57. The Morgan fingerprint density at radius 3 is 2.46 bits per heavy atom. The predicted molar refractivity (Wildman–Crippen MR) is 54.6 cm³/mol. The first-order valence-electron chi connectivity index (χ1n) is 4.19. The van der Waals surface area contributed by atoms with Gasteiger partial charge in [-0.2, -0.15) is 0 Å². The number of carbonyl (C=O) groups is 1. The van der Waals surface area contributed by atoms with E-state index in [1.165, 1.54) is 18.6 Å². The molecule has 0 bridgehead atoms. The van der Waals surface area contributed by atoms with Crippen molar-refractivity contribution in [1.82, 2.24) is 0 Å². The van der Waals surface area contributed by atoms with Gasteiger partial charge < -0.3 is 5.32 Å². The molecule has 1 N–H and O–H groups in total. The lowest BCUT2D eigenvalue weighted by atomic mass is 10.2. The number of anilines is 1. The topological polar surface area (TPSA) is 29.1 Å². The molecule has 0 amide bonds. The zero-order valence-electron chi connectivity index (χ0n) is 7.87. The van der Waals surface area contributed by atoms with Gasteiger partial charge >= 0.3 is 0 Å². The van der Waals surface area contributed by atoms with Gasteiger partial charge in [-0.3, -0.25) is 4.79 Å². The van der Waals surface area contributed by atoms with Gasteiger partial charge in [-0.25, -0.2) is 0 Å². The van der Waals surface area contributed by atoms with Crippen molar-refractivity contribution >= 4 is 11.5 Å². The molecule has 0 atom stereocenters. The van der Waals surface area contributed by atoms with E-state index in [1.54, 1.807) is 6.20 Å². The minimum Gasteiger partial charge on any atom is -0.362 e. The lowest BCUT2D eigenvalue weighted by molar-refractivity contribution is -0.112. The number of nitrogens with one attached hydrogen (secondary N) is 1. The molecule has 1 rings (SSSR count). The van der Waals surface area contributed by atoms with Crippen LogP contribution in [0.3, 0.4) is 0 Å². The van der Waals surface area contributed by atoms with Gasteiger partial charge in [0.15, 0.2) is 5.78 Å². The summed E-state index contributed by atoms with van der Waals surface area (Å²) >= 11 is 0. The van der Waals surface area contributed by atoms with E-state index in [4.69, 9.17) is 0 Å². The minimum atomic E-state index is 0.0413. The lowest BCUT2D eigenvalue weighted by Crippen LogP contribution is -1.89. The molecule has 0 aliphatic heterocycles. The van der Waals surface area contributed by atoms with Crippen molar-refractivity contribution in [1.29, 1.82) is 0 Å². The average molecular weight is 175 g/mol. The molecule has 0 radical (unpaired) electrons. The zero-order chi connectivity index (χ0) is 9.68. The third-order valence-electron chi connectivity index (χ3n) is 1.62. The van der Waals surface area contributed by atoms with Crippen molar-refractivity contribution in [2.24, 2.45) is 0 Å². The van der Waals surface area contributed by atoms with Gasteiger partial charge in [-0.1, -0.05) is 17.7 Å². The number of aryl methyl sites for hydroxylation is 1. The molecule has 0 aromatic heterocycles. The van der Waals surface area contributed by atoms with E-state index < -0.39 is 0 Å². The summed E-state index contributed by atoms with van der Waals surface area (Å²) in [4.78, 5) is 10.6. The zero-order valence-corrected chi connectivity index (χ0v) is 7.87. The molecule has 0 saturated heterocycles. The van der Waals surface area contributed by atoms with Gasteiger partial charge in [0.25, 0.3) is 0 Å². The van der Waals surface area contributed by atoms with Crippen LogP contribution in [0.1, 0.15) is 12.5 Å². The fraction of sp³-hybridized carbons (Fsp3) is 0.182. The van der Waals surface area contributed by atoms with Crippen LogP contribution in [0.15, 0.2) is 36.5 Å². The van der Waals surface area contributed by atoms with Crippen LogP contribution in [0.2, 0.25) is 0 Å². The summed E-state index contributed by atoms with van der Waals surface area (Å²) in [5.41, 5.74) is 2.21. The van der Waals surface area contributed by atoms with Gasteiger partial charge in [0, 0.05) is 11.9 Å². The van der Waals surface area contributed by atoms with Gasteiger partial charge in [-0.15, -0.1) is 0 Å². The molecular formula is C11H13NO. The molecule has 0 spiro atoms. The fourth-order valence-electron chi connectivity index (χ4n) is 0.905. The molecule has 0 unspecified atom stereocenters. The van der Waals surface area contributed by atoms with E-state index in [0.717, 1.165) is 5.69 Å². The predicted octanol–water partition coefficient (Wildman–Crippen LogP) is 2.51. The summed E-state index contributed by atoms with van der Waals surface area (Å²) in [5.74, 6) is 0.0413. The third-order valence-corrected chi connectivity index (χ3v) is 1.62. The highest BCUT2D eigenvalue weighted by atomic mass is 16.1. The first-order chi connectivity index (χ1) is 6.18. The first-order valence-corrected chi connectivity index (χ1v) is 4.19. The molecule has 2 nitrogen and oxygen atoms in total. The van der Waals surface area contributed by atoms with Crippen LogP contribution in [-0.4, -0.2) is 5.78 Å². The largest absolute Gasteiger partial charge is 0.362 e. The molecule has 2 heteroatoms. The highest BCUT2D eigenvalue weighted by molar-refractivity contribution is 5.87.